The molecule has 0 aliphatic rings. The van der Waals surface area contributed by atoms with Crippen LogP contribution in [0.25, 0.3) is 10.8 Å². The molecule has 0 amide bonds. The summed E-state index contributed by atoms with van der Waals surface area (Å²) in [6.07, 6.45) is 3.52. The van der Waals surface area contributed by atoms with Gasteiger partial charge in [0.1, 0.15) is 22.9 Å². The van der Waals surface area contributed by atoms with Crippen molar-refractivity contribution in [2.24, 2.45) is 10.2 Å². The molecular weight excluding hydrogens is 452 g/mol. The fraction of sp³-hybridized carbons (Fsp3) is 0.0714. The second-order valence-electron chi connectivity index (χ2n) is 8.29. The Bertz CT molecular complexity index is 1480. The third kappa shape index (κ3) is 5.07. The number of rotatable bonds is 7. The molecule has 8 heteroatoms. The lowest BCUT2D eigenvalue weighted by Crippen LogP contribution is -2.23. The van der Waals surface area contributed by atoms with E-state index in [2.05, 4.69) is 25.1 Å². The maximum atomic E-state index is 10.5. The summed E-state index contributed by atoms with van der Waals surface area (Å²) in [5.41, 5.74) is 9.99. The minimum absolute atomic E-state index is 0.0406. The first-order valence-electron chi connectivity index (χ1n) is 11.4. The minimum Gasteiger partial charge on any atom is -0.508 e. The highest BCUT2D eigenvalue weighted by Gasteiger charge is 2.15. The summed E-state index contributed by atoms with van der Waals surface area (Å²) < 4.78 is 0. The van der Waals surface area contributed by atoms with Crippen molar-refractivity contribution in [3.63, 3.8) is 0 Å². The molecule has 8 nitrogen and oxygen atoms in total. The van der Waals surface area contributed by atoms with Gasteiger partial charge < -0.3 is 20.8 Å². The summed E-state index contributed by atoms with van der Waals surface area (Å²) in [6.45, 7) is 1.02. The molecule has 178 valence electrons. The number of hydrogen-bond donors (Lipinski definition) is 3. The third-order valence-electron chi connectivity index (χ3n) is 5.71. The van der Waals surface area contributed by atoms with Gasteiger partial charge in [0.2, 0.25) is 0 Å². The molecule has 5 rings (SSSR count). The van der Waals surface area contributed by atoms with Gasteiger partial charge in [-0.3, -0.25) is 9.97 Å². The molecule has 3 aromatic carbocycles. The Labute approximate surface area is 208 Å². The molecule has 0 aliphatic heterocycles. The maximum Gasteiger partial charge on any atom is 0.143 e. The number of hydrogen-bond acceptors (Lipinski definition) is 8. The van der Waals surface area contributed by atoms with Crippen LogP contribution in [-0.4, -0.2) is 20.2 Å². The number of phenols is 2. The molecule has 0 spiro atoms. The van der Waals surface area contributed by atoms with Gasteiger partial charge in [0.15, 0.2) is 0 Å². The van der Waals surface area contributed by atoms with E-state index >= 15 is 0 Å². The highest BCUT2D eigenvalue weighted by atomic mass is 16.3. The number of nitrogens with zero attached hydrogens (tertiary/aromatic N) is 5. The van der Waals surface area contributed by atoms with Crippen LogP contribution in [0.2, 0.25) is 0 Å². The van der Waals surface area contributed by atoms with E-state index in [4.69, 9.17) is 5.73 Å². The first-order valence-corrected chi connectivity index (χ1v) is 11.4. The monoisotopic (exact) mass is 476 g/mol. The van der Waals surface area contributed by atoms with Crippen LogP contribution < -0.4 is 10.6 Å². The van der Waals surface area contributed by atoms with Crippen molar-refractivity contribution in [2.75, 3.05) is 10.6 Å². The molecule has 4 N–H and O–H groups in total. The number of nitrogens with two attached hydrogens (primary N) is 1. The highest BCUT2D eigenvalue weighted by Crippen LogP contribution is 2.39. The normalized spacial score (nSPS) is 11.2. The molecule has 0 saturated heterocycles. The summed E-state index contributed by atoms with van der Waals surface area (Å²) in [6, 6.07) is 25.2. The Morgan fingerprint density at radius 1 is 0.750 bits per heavy atom. The Balaban J connectivity index is 1.58. The number of aromatic hydroxyl groups is 2. The SMILES string of the molecule is Nc1ccc(N(Cc2ccccn2)Cc2ccccn2)c(/N=N/c2c(O)ccc3ccc(O)cc23)c1. The topological polar surface area (TPSA) is 120 Å². The number of azo groups is 1. The first-order chi connectivity index (χ1) is 17.6. The van der Waals surface area contributed by atoms with E-state index in [1.807, 2.05) is 48.5 Å². The summed E-state index contributed by atoms with van der Waals surface area (Å²) >= 11 is 0. The Hall–Kier alpha value is -4.98. The molecule has 0 saturated carbocycles. The molecule has 0 bridgehead atoms. The Kier molecular flexibility index (Phi) is 6.40. The van der Waals surface area contributed by atoms with Gasteiger partial charge in [0, 0.05) is 23.5 Å². The zero-order valence-electron chi connectivity index (χ0n) is 19.4. The largest absolute Gasteiger partial charge is 0.508 e. The van der Waals surface area contributed by atoms with Crippen molar-refractivity contribution in [1.82, 2.24) is 9.97 Å². The van der Waals surface area contributed by atoms with Crippen LogP contribution in [0.3, 0.4) is 0 Å². The average Bonchev–Trinajstić information content (AvgIpc) is 2.89. The van der Waals surface area contributed by atoms with Gasteiger partial charge >= 0.3 is 0 Å². The van der Waals surface area contributed by atoms with Crippen LogP contribution in [0, 0.1) is 0 Å². The van der Waals surface area contributed by atoms with Crippen molar-refractivity contribution in [3.8, 4) is 11.5 Å². The molecule has 0 atom stereocenters. The summed E-state index contributed by atoms with van der Waals surface area (Å²) in [5, 5.41) is 30.8. The number of fused-ring (bicyclic) bond motifs is 1. The van der Waals surface area contributed by atoms with Gasteiger partial charge in [-0.25, -0.2) is 0 Å². The van der Waals surface area contributed by atoms with Crippen molar-refractivity contribution in [1.29, 1.82) is 0 Å². The maximum absolute atomic E-state index is 10.5. The van der Waals surface area contributed by atoms with E-state index in [1.54, 1.807) is 48.8 Å². The van der Waals surface area contributed by atoms with Gasteiger partial charge in [-0.1, -0.05) is 24.3 Å². The average molecular weight is 477 g/mol. The van der Waals surface area contributed by atoms with E-state index in [9.17, 15) is 10.2 Å². The highest BCUT2D eigenvalue weighted by molar-refractivity contribution is 5.96. The van der Waals surface area contributed by atoms with Crippen LogP contribution in [0.15, 0.2) is 108 Å². The van der Waals surface area contributed by atoms with E-state index in [0.29, 0.717) is 29.9 Å². The second kappa shape index (κ2) is 10.1. The van der Waals surface area contributed by atoms with E-state index in [0.717, 1.165) is 22.5 Å². The number of pyridine rings is 2. The molecule has 0 aliphatic carbocycles. The number of nitrogen functional groups attached to an aromatic ring is 1. The third-order valence-corrected chi connectivity index (χ3v) is 5.71. The Morgan fingerprint density at radius 3 is 2.11 bits per heavy atom. The fourth-order valence-electron chi connectivity index (χ4n) is 3.98. The molecule has 0 fully saturated rings. The number of phenolic OH excluding ortho intramolecular Hbond substituents is 2. The second-order valence-corrected chi connectivity index (χ2v) is 8.29. The van der Waals surface area contributed by atoms with Crippen LogP contribution >= 0.6 is 0 Å². The Morgan fingerprint density at radius 2 is 1.44 bits per heavy atom. The van der Waals surface area contributed by atoms with Gasteiger partial charge in [-0.05, 0) is 66.0 Å². The van der Waals surface area contributed by atoms with Gasteiger partial charge in [-0.2, -0.15) is 0 Å². The van der Waals surface area contributed by atoms with Crippen LogP contribution in [0.1, 0.15) is 11.4 Å². The quantitative estimate of drug-likeness (QED) is 0.189. The van der Waals surface area contributed by atoms with Crippen LogP contribution in [0.4, 0.5) is 22.7 Å². The molecule has 2 heterocycles. The number of anilines is 2. The van der Waals surface area contributed by atoms with E-state index in [-0.39, 0.29) is 17.2 Å². The zero-order chi connectivity index (χ0) is 24.9. The number of aromatic nitrogens is 2. The van der Waals surface area contributed by atoms with Crippen molar-refractivity contribution < 1.29 is 10.2 Å². The van der Waals surface area contributed by atoms with Crippen LogP contribution in [0.5, 0.6) is 11.5 Å². The first kappa shape index (κ1) is 22.8. The molecular formula is C28H24N6O2. The predicted molar refractivity (Wildman–Crippen MR) is 141 cm³/mol. The lowest BCUT2D eigenvalue weighted by atomic mass is 10.1. The standard InChI is InChI=1S/C28H24N6O2/c29-20-9-11-26(34(17-21-5-1-3-13-30-21)18-22-6-2-4-14-31-22)25(15-20)32-33-28-24-16-23(35)10-7-19(24)8-12-27(28)36/h1-16,35-36H,17-18,29H2/b33-32+. The summed E-state index contributed by atoms with van der Waals surface area (Å²) in [4.78, 5) is 11.1. The zero-order valence-corrected chi connectivity index (χ0v) is 19.4. The summed E-state index contributed by atoms with van der Waals surface area (Å²) in [7, 11) is 0. The number of benzene rings is 3. The van der Waals surface area contributed by atoms with E-state index < -0.39 is 0 Å². The van der Waals surface area contributed by atoms with Gasteiger partial charge in [0.25, 0.3) is 0 Å². The lowest BCUT2D eigenvalue weighted by molar-refractivity contribution is 0.475. The molecule has 0 unspecified atom stereocenters. The predicted octanol–water partition coefficient (Wildman–Crippen LogP) is 6.25. The van der Waals surface area contributed by atoms with Crippen molar-refractivity contribution in [3.05, 3.63) is 109 Å². The van der Waals surface area contributed by atoms with Gasteiger partial charge in [0.05, 0.1) is 30.2 Å². The minimum atomic E-state index is -0.0406. The van der Waals surface area contributed by atoms with E-state index in [1.165, 1.54) is 0 Å². The molecule has 5 aromatic rings. The van der Waals surface area contributed by atoms with Crippen LogP contribution in [-0.2, 0) is 13.1 Å². The summed E-state index contributed by atoms with van der Waals surface area (Å²) in [5.74, 6) is 0.0345. The van der Waals surface area contributed by atoms with Crippen molar-refractivity contribution >= 4 is 33.5 Å². The lowest BCUT2D eigenvalue weighted by Gasteiger charge is -2.25. The molecule has 36 heavy (non-hydrogen) atoms. The fourth-order valence-corrected chi connectivity index (χ4v) is 3.98. The van der Waals surface area contributed by atoms with Gasteiger partial charge in [-0.15, -0.1) is 10.2 Å². The van der Waals surface area contributed by atoms with Crippen molar-refractivity contribution in [2.45, 2.75) is 13.1 Å². The molecule has 0 radical (unpaired) electrons. The smallest absolute Gasteiger partial charge is 0.143 e. The molecule has 2 aromatic heterocycles.